The molecule has 0 bridgehead atoms. The van der Waals surface area contributed by atoms with E-state index >= 15 is 0 Å². The summed E-state index contributed by atoms with van der Waals surface area (Å²) in [7, 11) is 0. The van der Waals surface area contributed by atoms with Gasteiger partial charge in [0.05, 0.1) is 0 Å². The summed E-state index contributed by atoms with van der Waals surface area (Å²) in [5, 5.41) is 11.6. The van der Waals surface area contributed by atoms with Crippen LogP contribution in [-0.4, -0.2) is 17.6 Å². The summed E-state index contributed by atoms with van der Waals surface area (Å²) in [5.74, 6) is 0.211. The molecule has 0 spiro atoms. The molecular formula is C12H17NO2. The molecule has 0 aliphatic rings. The number of aliphatic hydroxyl groups excluding tert-OH is 1. The molecule has 0 aliphatic heterocycles. The zero-order valence-electron chi connectivity index (χ0n) is 9.16. The molecular weight excluding hydrogens is 190 g/mol. The van der Waals surface area contributed by atoms with Crippen LogP contribution in [0.4, 0.5) is 5.69 Å². The Morgan fingerprint density at radius 3 is 2.47 bits per heavy atom. The Balaban J connectivity index is 2.60. The van der Waals surface area contributed by atoms with Gasteiger partial charge < -0.3 is 10.4 Å². The highest BCUT2D eigenvalue weighted by molar-refractivity contribution is 5.88. The largest absolute Gasteiger partial charge is 0.396 e. The molecule has 0 fully saturated rings. The fourth-order valence-corrected chi connectivity index (χ4v) is 1.39. The van der Waals surface area contributed by atoms with Crippen LogP contribution in [0.5, 0.6) is 0 Å². The summed E-state index contributed by atoms with van der Waals surface area (Å²) in [6.07, 6.45) is 0.858. The van der Waals surface area contributed by atoms with Gasteiger partial charge in [-0.3, -0.25) is 4.79 Å². The molecule has 1 aromatic rings. The second-order valence-electron chi connectivity index (χ2n) is 3.87. The van der Waals surface area contributed by atoms with E-state index in [0.717, 1.165) is 12.1 Å². The van der Waals surface area contributed by atoms with Gasteiger partial charge in [0.25, 0.3) is 0 Å². The Hall–Kier alpha value is -1.35. The van der Waals surface area contributed by atoms with E-state index in [1.807, 2.05) is 31.2 Å². The third-order valence-electron chi connectivity index (χ3n) is 2.17. The van der Waals surface area contributed by atoms with Crippen LogP contribution in [0.3, 0.4) is 0 Å². The predicted octanol–water partition coefficient (Wildman–Crippen LogP) is 1.82. The molecule has 0 saturated carbocycles. The van der Waals surface area contributed by atoms with Crippen LogP contribution in [0.1, 0.15) is 19.4 Å². The number of benzene rings is 1. The minimum atomic E-state index is -0.0634. The number of hydrogen-bond acceptors (Lipinski definition) is 2. The van der Waals surface area contributed by atoms with Crippen LogP contribution >= 0.6 is 0 Å². The van der Waals surface area contributed by atoms with Crippen LogP contribution in [0, 0.1) is 5.92 Å². The molecule has 0 unspecified atom stereocenters. The van der Waals surface area contributed by atoms with Gasteiger partial charge in [-0.25, -0.2) is 0 Å². The molecule has 3 heteroatoms. The fourth-order valence-electron chi connectivity index (χ4n) is 1.39. The average Bonchev–Trinajstić information content (AvgIpc) is 2.20. The van der Waals surface area contributed by atoms with Gasteiger partial charge >= 0.3 is 0 Å². The van der Waals surface area contributed by atoms with Crippen molar-refractivity contribution in [1.29, 1.82) is 0 Å². The molecule has 2 N–H and O–H groups in total. The summed E-state index contributed by atoms with van der Waals surface area (Å²) in [6.45, 7) is 3.69. The molecule has 1 aromatic carbocycles. The highest BCUT2D eigenvalue weighted by atomic mass is 16.3. The van der Waals surface area contributed by atoms with Gasteiger partial charge in [-0.15, -0.1) is 0 Å². The van der Waals surface area contributed by atoms with E-state index in [1.54, 1.807) is 0 Å². The van der Waals surface area contributed by atoms with Crippen LogP contribution in [0.25, 0.3) is 0 Å². The second kappa shape index (κ2) is 5.51. The lowest BCUT2D eigenvalue weighted by Gasteiger charge is -2.08. The zero-order chi connectivity index (χ0) is 11.3. The average molecular weight is 207 g/mol. The summed E-state index contributed by atoms with van der Waals surface area (Å²) >= 11 is 0. The molecule has 1 rings (SSSR count). The monoisotopic (exact) mass is 207 g/mol. The maximum absolute atomic E-state index is 10.8. The lowest BCUT2D eigenvalue weighted by molar-refractivity contribution is -0.114. The highest BCUT2D eigenvalue weighted by Gasteiger charge is 2.02. The maximum Gasteiger partial charge on any atom is 0.221 e. The Kier molecular flexibility index (Phi) is 4.31. The zero-order valence-corrected chi connectivity index (χ0v) is 9.16. The maximum atomic E-state index is 10.8. The molecule has 0 heterocycles. The number of hydrogen-bond donors (Lipinski definition) is 2. The first-order valence-corrected chi connectivity index (χ1v) is 5.09. The third kappa shape index (κ3) is 4.13. The van der Waals surface area contributed by atoms with E-state index in [4.69, 9.17) is 5.11 Å². The van der Waals surface area contributed by atoms with E-state index in [2.05, 4.69) is 5.32 Å². The molecule has 3 nitrogen and oxygen atoms in total. The van der Waals surface area contributed by atoms with Crippen LogP contribution < -0.4 is 5.32 Å². The smallest absolute Gasteiger partial charge is 0.221 e. The van der Waals surface area contributed by atoms with Crippen molar-refractivity contribution in [3.63, 3.8) is 0 Å². The van der Waals surface area contributed by atoms with Crippen molar-refractivity contribution in [3.05, 3.63) is 29.8 Å². The van der Waals surface area contributed by atoms with Crippen molar-refractivity contribution in [3.8, 4) is 0 Å². The fraction of sp³-hybridized carbons (Fsp3) is 0.417. The number of rotatable bonds is 4. The minimum Gasteiger partial charge on any atom is -0.396 e. The first kappa shape index (κ1) is 11.7. The van der Waals surface area contributed by atoms with Gasteiger partial charge in [0.1, 0.15) is 0 Å². The van der Waals surface area contributed by atoms with E-state index in [9.17, 15) is 4.79 Å². The predicted molar refractivity (Wildman–Crippen MR) is 60.7 cm³/mol. The van der Waals surface area contributed by atoms with Crippen molar-refractivity contribution < 1.29 is 9.90 Å². The SMILES string of the molecule is CC(=O)Nc1ccc(C[C@@H](C)CO)cc1. The topological polar surface area (TPSA) is 49.3 Å². The van der Waals surface area contributed by atoms with E-state index in [-0.39, 0.29) is 18.4 Å². The van der Waals surface area contributed by atoms with Crippen LogP contribution in [-0.2, 0) is 11.2 Å². The lowest BCUT2D eigenvalue weighted by atomic mass is 10.0. The number of carbonyl (C=O) groups is 1. The number of nitrogens with one attached hydrogen (secondary N) is 1. The normalized spacial score (nSPS) is 12.2. The van der Waals surface area contributed by atoms with E-state index in [0.29, 0.717) is 0 Å². The van der Waals surface area contributed by atoms with E-state index in [1.165, 1.54) is 12.5 Å². The molecule has 0 aromatic heterocycles. The second-order valence-corrected chi connectivity index (χ2v) is 3.87. The van der Waals surface area contributed by atoms with Crippen molar-refractivity contribution in [2.45, 2.75) is 20.3 Å². The van der Waals surface area contributed by atoms with Crippen LogP contribution in [0.2, 0.25) is 0 Å². The van der Waals surface area contributed by atoms with Gasteiger partial charge in [-0.05, 0) is 30.0 Å². The number of amides is 1. The third-order valence-corrected chi connectivity index (χ3v) is 2.17. The molecule has 15 heavy (non-hydrogen) atoms. The van der Waals surface area contributed by atoms with Crippen molar-refractivity contribution in [2.24, 2.45) is 5.92 Å². The minimum absolute atomic E-state index is 0.0634. The van der Waals surface area contributed by atoms with Gasteiger partial charge in [0.2, 0.25) is 5.91 Å². The summed E-state index contributed by atoms with van der Waals surface area (Å²) in [4.78, 5) is 10.8. The highest BCUT2D eigenvalue weighted by Crippen LogP contribution is 2.12. The van der Waals surface area contributed by atoms with E-state index < -0.39 is 0 Å². The Morgan fingerprint density at radius 1 is 1.40 bits per heavy atom. The lowest BCUT2D eigenvalue weighted by Crippen LogP contribution is -2.07. The Bertz CT molecular complexity index is 319. The van der Waals surface area contributed by atoms with Crippen molar-refractivity contribution >= 4 is 11.6 Å². The molecule has 82 valence electrons. The molecule has 0 saturated heterocycles. The molecule has 1 atom stereocenters. The number of carbonyl (C=O) groups excluding carboxylic acids is 1. The van der Waals surface area contributed by atoms with Gasteiger partial charge in [-0.2, -0.15) is 0 Å². The summed E-state index contributed by atoms with van der Waals surface area (Å²) < 4.78 is 0. The van der Waals surface area contributed by atoms with Crippen LogP contribution in [0.15, 0.2) is 24.3 Å². The quantitative estimate of drug-likeness (QED) is 0.791. The van der Waals surface area contributed by atoms with Crippen molar-refractivity contribution in [1.82, 2.24) is 0 Å². The standard InChI is InChI=1S/C12H17NO2/c1-9(8-14)7-11-3-5-12(6-4-11)13-10(2)15/h3-6,9,14H,7-8H2,1-2H3,(H,13,15)/t9-/m1/s1. The summed E-state index contributed by atoms with van der Waals surface area (Å²) in [5.41, 5.74) is 1.98. The Labute approximate surface area is 90.1 Å². The number of aliphatic hydroxyl groups is 1. The Morgan fingerprint density at radius 2 is 2.00 bits per heavy atom. The van der Waals surface area contributed by atoms with Crippen molar-refractivity contribution in [2.75, 3.05) is 11.9 Å². The first-order chi connectivity index (χ1) is 7.11. The summed E-state index contributed by atoms with van der Waals surface area (Å²) in [6, 6.07) is 7.69. The number of anilines is 1. The van der Waals surface area contributed by atoms with Gasteiger partial charge in [0, 0.05) is 19.2 Å². The molecule has 1 amide bonds. The molecule has 0 radical (unpaired) electrons. The van der Waals surface area contributed by atoms with Gasteiger partial charge in [0.15, 0.2) is 0 Å². The molecule has 0 aliphatic carbocycles. The first-order valence-electron chi connectivity index (χ1n) is 5.09. The van der Waals surface area contributed by atoms with Gasteiger partial charge in [-0.1, -0.05) is 19.1 Å².